The zero-order chi connectivity index (χ0) is 12.3. The molecule has 6 heteroatoms. The monoisotopic (exact) mass is 228 g/mol. The second-order valence-corrected chi connectivity index (χ2v) is 2.88. The smallest absolute Gasteiger partial charge is 0.197 e. The van der Waals surface area contributed by atoms with Crippen LogP contribution in [-0.2, 0) is 12.8 Å². The average molecular weight is 228 g/mol. The van der Waals surface area contributed by atoms with Crippen LogP contribution in [0.1, 0.15) is 11.1 Å². The Morgan fingerprint density at radius 1 is 0.688 bits per heavy atom. The molecule has 0 bridgehead atoms. The molecule has 1 aromatic rings. The van der Waals surface area contributed by atoms with Crippen molar-refractivity contribution in [3.63, 3.8) is 0 Å². The number of benzene rings is 1. The summed E-state index contributed by atoms with van der Waals surface area (Å²) in [6.07, 6.45) is -1.26. The van der Waals surface area contributed by atoms with E-state index in [0.717, 1.165) is 0 Å². The fourth-order valence-corrected chi connectivity index (χ4v) is 1.25. The van der Waals surface area contributed by atoms with E-state index in [1.54, 1.807) is 0 Å². The molecule has 0 atom stereocenters. The van der Waals surface area contributed by atoms with E-state index in [-0.39, 0.29) is 0 Å². The molecular weight excluding hydrogens is 224 g/mol. The SMILES string of the molecule is N#CCc1c(F)c(F)c(F)c(F)c1CC#N. The van der Waals surface area contributed by atoms with E-state index >= 15 is 0 Å². The number of rotatable bonds is 2. The van der Waals surface area contributed by atoms with Crippen LogP contribution in [0, 0.1) is 45.9 Å². The van der Waals surface area contributed by atoms with E-state index in [4.69, 9.17) is 10.5 Å². The number of hydrogen-bond donors (Lipinski definition) is 0. The van der Waals surface area contributed by atoms with Crippen molar-refractivity contribution in [3.05, 3.63) is 34.4 Å². The van der Waals surface area contributed by atoms with Crippen molar-refractivity contribution < 1.29 is 17.6 Å². The maximum absolute atomic E-state index is 13.2. The van der Waals surface area contributed by atoms with E-state index in [9.17, 15) is 17.6 Å². The summed E-state index contributed by atoms with van der Waals surface area (Å²) in [5.41, 5.74) is -1.22. The van der Waals surface area contributed by atoms with Gasteiger partial charge in [0.2, 0.25) is 0 Å². The number of nitriles is 2. The number of halogens is 4. The van der Waals surface area contributed by atoms with Gasteiger partial charge in [-0.25, -0.2) is 17.6 Å². The van der Waals surface area contributed by atoms with E-state index < -0.39 is 47.2 Å². The lowest BCUT2D eigenvalue weighted by Crippen LogP contribution is -2.08. The molecule has 0 N–H and O–H groups in total. The highest BCUT2D eigenvalue weighted by Gasteiger charge is 2.24. The van der Waals surface area contributed by atoms with Crippen molar-refractivity contribution in [2.75, 3.05) is 0 Å². The molecular formula is C10H4F4N2. The van der Waals surface area contributed by atoms with Gasteiger partial charge in [-0.2, -0.15) is 10.5 Å². The summed E-state index contributed by atoms with van der Waals surface area (Å²) in [5, 5.41) is 16.7. The van der Waals surface area contributed by atoms with Gasteiger partial charge in [0.15, 0.2) is 23.3 Å². The van der Waals surface area contributed by atoms with Crippen LogP contribution < -0.4 is 0 Å². The Balaban J connectivity index is 3.57. The summed E-state index contributed by atoms with van der Waals surface area (Å²) in [6.45, 7) is 0. The Morgan fingerprint density at radius 2 is 1.00 bits per heavy atom. The topological polar surface area (TPSA) is 47.6 Å². The molecule has 0 aliphatic heterocycles. The summed E-state index contributed by atoms with van der Waals surface area (Å²) in [5.74, 6) is -7.18. The first-order valence-electron chi connectivity index (χ1n) is 4.12. The van der Waals surface area contributed by atoms with Crippen LogP contribution >= 0.6 is 0 Å². The maximum Gasteiger partial charge on any atom is 0.197 e. The molecule has 0 aliphatic carbocycles. The Morgan fingerprint density at radius 3 is 1.25 bits per heavy atom. The van der Waals surface area contributed by atoms with Gasteiger partial charge in [0.1, 0.15) is 0 Å². The van der Waals surface area contributed by atoms with Gasteiger partial charge in [0.25, 0.3) is 0 Å². The third-order valence-electron chi connectivity index (χ3n) is 1.98. The molecule has 0 amide bonds. The van der Waals surface area contributed by atoms with Crippen LogP contribution in [0.3, 0.4) is 0 Å². The minimum Gasteiger partial charge on any atom is -0.203 e. The van der Waals surface area contributed by atoms with Crippen molar-refractivity contribution in [1.82, 2.24) is 0 Å². The number of hydrogen-bond acceptors (Lipinski definition) is 2. The average Bonchev–Trinajstić information content (AvgIpc) is 2.28. The van der Waals surface area contributed by atoms with Crippen molar-refractivity contribution in [2.45, 2.75) is 12.8 Å². The molecule has 16 heavy (non-hydrogen) atoms. The molecule has 0 saturated carbocycles. The standard InChI is InChI=1S/C10H4F4N2/c11-7-5(1-3-15)6(2-4-16)8(12)10(14)9(7)13/h1-2H2. The van der Waals surface area contributed by atoms with Gasteiger partial charge in [-0.1, -0.05) is 0 Å². The Bertz CT molecular complexity index is 464. The second kappa shape index (κ2) is 4.63. The van der Waals surface area contributed by atoms with Gasteiger partial charge in [0, 0.05) is 11.1 Å². The minimum absolute atomic E-state index is 0.611. The molecule has 0 saturated heterocycles. The van der Waals surface area contributed by atoms with Gasteiger partial charge < -0.3 is 0 Å². The summed E-state index contributed by atoms with van der Waals surface area (Å²) in [4.78, 5) is 0. The largest absolute Gasteiger partial charge is 0.203 e. The molecule has 1 rings (SSSR count). The summed E-state index contributed by atoms with van der Waals surface area (Å²) in [7, 11) is 0. The van der Waals surface area contributed by atoms with Gasteiger partial charge >= 0.3 is 0 Å². The summed E-state index contributed by atoms with van der Waals surface area (Å²) in [6, 6.07) is 2.98. The fourth-order valence-electron chi connectivity index (χ4n) is 1.25. The summed E-state index contributed by atoms with van der Waals surface area (Å²) >= 11 is 0. The first-order valence-corrected chi connectivity index (χ1v) is 4.12. The van der Waals surface area contributed by atoms with Crippen LogP contribution in [0.25, 0.3) is 0 Å². The molecule has 2 nitrogen and oxygen atoms in total. The van der Waals surface area contributed by atoms with Crippen molar-refractivity contribution >= 4 is 0 Å². The fraction of sp³-hybridized carbons (Fsp3) is 0.200. The molecule has 0 radical (unpaired) electrons. The maximum atomic E-state index is 13.2. The van der Waals surface area contributed by atoms with Crippen LogP contribution in [0.2, 0.25) is 0 Å². The van der Waals surface area contributed by atoms with Crippen molar-refractivity contribution in [1.29, 1.82) is 10.5 Å². The quantitative estimate of drug-likeness (QED) is 0.443. The first-order chi connectivity index (χ1) is 7.54. The second-order valence-electron chi connectivity index (χ2n) is 2.88. The molecule has 0 heterocycles. The van der Waals surface area contributed by atoms with Gasteiger partial charge in [0.05, 0.1) is 25.0 Å². The lowest BCUT2D eigenvalue weighted by atomic mass is 10.0. The molecule has 82 valence electrons. The minimum atomic E-state index is -1.97. The highest BCUT2D eigenvalue weighted by Crippen LogP contribution is 2.24. The zero-order valence-corrected chi connectivity index (χ0v) is 7.82. The van der Waals surface area contributed by atoms with Crippen LogP contribution in [0.5, 0.6) is 0 Å². The summed E-state index contributed by atoms with van der Waals surface area (Å²) < 4.78 is 52.0. The predicted octanol–water partition coefficient (Wildman–Crippen LogP) is 2.38. The van der Waals surface area contributed by atoms with E-state index in [2.05, 4.69) is 0 Å². The van der Waals surface area contributed by atoms with Crippen molar-refractivity contribution in [2.24, 2.45) is 0 Å². The molecule has 0 aromatic heterocycles. The molecule has 0 spiro atoms. The highest BCUT2D eigenvalue weighted by molar-refractivity contribution is 5.35. The van der Waals surface area contributed by atoms with Gasteiger partial charge in [-0.15, -0.1) is 0 Å². The predicted molar refractivity (Wildman–Crippen MR) is 44.9 cm³/mol. The molecule has 0 unspecified atom stereocenters. The molecule has 0 fully saturated rings. The van der Waals surface area contributed by atoms with Gasteiger partial charge in [-0.05, 0) is 0 Å². The highest BCUT2D eigenvalue weighted by atomic mass is 19.2. The van der Waals surface area contributed by atoms with E-state index in [0.29, 0.717) is 0 Å². The molecule has 1 aromatic carbocycles. The van der Waals surface area contributed by atoms with E-state index in [1.165, 1.54) is 12.1 Å². The lowest BCUT2D eigenvalue weighted by molar-refractivity contribution is 0.400. The zero-order valence-electron chi connectivity index (χ0n) is 7.82. The first kappa shape index (κ1) is 12.0. The van der Waals surface area contributed by atoms with Gasteiger partial charge in [-0.3, -0.25) is 0 Å². The third-order valence-corrected chi connectivity index (χ3v) is 1.98. The Labute approximate surface area is 88.3 Å². The Kier molecular flexibility index (Phi) is 3.47. The molecule has 0 aliphatic rings. The van der Waals surface area contributed by atoms with Crippen LogP contribution in [0.4, 0.5) is 17.6 Å². The number of nitrogens with zero attached hydrogens (tertiary/aromatic N) is 2. The Hall–Kier alpha value is -2.08. The normalized spacial score (nSPS) is 9.62. The van der Waals surface area contributed by atoms with Crippen molar-refractivity contribution in [3.8, 4) is 12.1 Å². The third kappa shape index (κ3) is 1.82. The van der Waals surface area contributed by atoms with Crippen LogP contribution in [-0.4, -0.2) is 0 Å². The lowest BCUT2D eigenvalue weighted by Gasteiger charge is -2.08. The van der Waals surface area contributed by atoms with Crippen LogP contribution in [0.15, 0.2) is 0 Å². The van der Waals surface area contributed by atoms with E-state index in [1.807, 2.05) is 0 Å².